The van der Waals surface area contributed by atoms with Crippen LogP contribution in [-0.2, 0) is 33.3 Å². The summed E-state index contributed by atoms with van der Waals surface area (Å²) in [5, 5.41) is 9.67. The van der Waals surface area contributed by atoms with Gasteiger partial charge in [0.2, 0.25) is 0 Å². The van der Waals surface area contributed by atoms with E-state index in [1.54, 1.807) is 0 Å². The van der Waals surface area contributed by atoms with Gasteiger partial charge < -0.3 is 28.5 Å². The van der Waals surface area contributed by atoms with Crippen molar-refractivity contribution in [2.45, 2.75) is 219 Å². The Bertz CT molecular complexity index is 1370. The molecule has 0 radical (unpaired) electrons. The van der Waals surface area contributed by atoms with E-state index in [2.05, 4.69) is 86.8 Å². The smallest absolute Gasteiger partial charge is 0.361 e. The highest BCUT2D eigenvalue weighted by Gasteiger charge is 2.25. The fourth-order valence-corrected chi connectivity index (χ4v) is 7.03. The summed E-state index contributed by atoms with van der Waals surface area (Å²) in [6, 6.07) is 0. The van der Waals surface area contributed by atoms with Gasteiger partial charge in [-0.25, -0.2) is 4.79 Å². The quantitative estimate of drug-likeness (QED) is 0.0211. The largest absolute Gasteiger partial charge is 0.477 e. The summed E-state index contributed by atoms with van der Waals surface area (Å²) in [4.78, 5) is 37.3. The van der Waals surface area contributed by atoms with E-state index in [0.29, 0.717) is 17.4 Å². The van der Waals surface area contributed by atoms with Crippen molar-refractivity contribution < 1.29 is 42.9 Å². The van der Waals surface area contributed by atoms with Crippen LogP contribution in [0.4, 0.5) is 0 Å². The van der Waals surface area contributed by atoms with E-state index in [4.69, 9.17) is 18.9 Å². The van der Waals surface area contributed by atoms with Gasteiger partial charge in [0, 0.05) is 12.8 Å². The molecule has 384 valence electrons. The van der Waals surface area contributed by atoms with Gasteiger partial charge in [-0.3, -0.25) is 9.59 Å². The number of likely N-dealkylation sites (N-methyl/N-ethyl adjacent to an activating group) is 1. The Kier molecular flexibility index (Phi) is 46.3. The van der Waals surface area contributed by atoms with Crippen LogP contribution in [0.5, 0.6) is 0 Å². The third kappa shape index (κ3) is 50.2. The van der Waals surface area contributed by atoms with Crippen LogP contribution in [0.1, 0.15) is 206 Å². The minimum absolute atomic E-state index is 0.131. The normalized spacial score (nSPS) is 13.5. The number of rotatable bonds is 48. The Labute approximate surface area is 410 Å². The topological polar surface area (TPSA) is 108 Å². The molecule has 9 heteroatoms. The van der Waals surface area contributed by atoms with E-state index in [0.717, 1.165) is 57.8 Å². The standard InChI is InChI=1S/C58H99NO8/c1-6-8-10-12-14-16-18-20-22-24-26-27-28-29-31-32-34-36-38-40-42-44-46-48-55(60)65-52-54(53-66-58(57(62)63)64-51-50-59(3,4)5)67-56(61)49-47-45-43-41-39-37-35-33-30-25-23-21-19-17-15-13-11-9-7-2/h9,11,15,17,21,23-24,26,30,33,37,39,43,45,54,58H,6-8,10,12-14,16,18-20,22,25,27-29,31-32,34-36,38,40-42,44,46-53H2,1-5H3/p+1/b11-9-,17-15-,23-21-,26-24-,33-30-,39-37-,45-43-. The van der Waals surface area contributed by atoms with Crippen molar-refractivity contribution in [2.24, 2.45) is 0 Å². The molecule has 0 spiro atoms. The number of ether oxygens (including phenoxy) is 4. The SMILES string of the molecule is CC/C=C\C/C=C\C/C=C\C/C=C\C/C=C\C/C=C\CCC(=O)OC(COC(=O)CCCCCCCCCCCCC/C=C\CCCCCCCCCC)COC(OCC[N+](C)(C)C)C(=O)O. The fraction of sp³-hybridized carbons (Fsp3) is 0.707. The predicted molar refractivity (Wildman–Crippen MR) is 281 cm³/mol. The number of carboxylic acids is 1. The molecular formula is C58H100NO8+. The summed E-state index contributed by atoms with van der Waals surface area (Å²) in [5.74, 6) is -2.12. The number of hydrogen-bond acceptors (Lipinski definition) is 7. The average molecular weight is 939 g/mol. The van der Waals surface area contributed by atoms with E-state index < -0.39 is 24.3 Å². The summed E-state index contributed by atoms with van der Waals surface area (Å²) in [6.45, 7) is 4.67. The summed E-state index contributed by atoms with van der Waals surface area (Å²) in [5.41, 5.74) is 0. The molecule has 0 saturated carbocycles. The van der Waals surface area contributed by atoms with Crippen molar-refractivity contribution in [2.75, 3.05) is 47.5 Å². The lowest BCUT2D eigenvalue weighted by Gasteiger charge is -2.25. The number of hydrogen-bond donors (Lipinski definition) is 1. The van der Waals surface area contributed by atoms with Crippen molar-refractivity contribution >= 4 is 17.9 Å². The zero-order valence-corrected chi connectivity index (χ0v) is 43.5. The summed E-state index contributed by atoms with van der Waals surface area (Å²) >= 11 is 0. The second-order valence-electron chi connectivity index (χ2n) is 18.8. The minimum Gasteiger partial charge on any atom is -0.477 e. The number of carbonyl (C=O) groups excluding carboxylic acids is 2. The molecule has 0 aliphatic rings. The minimum atomic E-state index is -1.53. The Hall–Kier alpha value is -3.53. The Morgan fingerprint density at radius 2 is 0.881 bits per heavy atom. The monoisotopic (exact) mass is 939 g/mol. The molecule has 0 aliphatic carbocycles. The molecule has 0 aromatic carbocycles. The van der Waals surface area contributed by atoms with Crippen LogP contribution in [-0.4, -0.2) is 87.4 Å². The number of carboxylic acid groups (broad SMARTS) is 1. The highest BCUT2D eigenvalue weighted by atomic mass is 16.7. The first-order chi connectivity index (χ1) is 32.6. The number of esters is 2. The molecule has 0 fully saturated rings. The van der Waals surface area contributed by atoms with Crippen LogP contribution in [0.25, 0.3) is 0 Å². The molecule has 0 bridgehead atoms. The molecule has 2 unspecified atom stereocenters. The molecule has 0 rings (SSSR count). The van der Waals surface area contributed by atoms with Gasteiger partial charge in [-0.05, 0) is 77.0 Å². The zero-order chi connectivity index (χ0) is 49.2. The summed E-state index contributed by atoms with van der Waals surface area (Å²) in [6.07, 6.45) is 61.0. The number of carbonyl (C=O) groups is 3. The van der Waals surface area contributed by atoms with Crippen molar-refractivity contribution in [3.63, 3.8) is 0 Å². The first kappa shape index (κ1) is 63.5. The summed E-state index contributed by atoms with van der Waals surface area (Å²) < 4.78 is 22.7. The van der Waals surface area contributed by atoms with Gasteiger partial charge in [0.05, 0.1) is 34.4 Å². The molecule has 2 atom stereocenters. The van der Waals surface area contributed by atoms with Crippen LogP contribution in [0.3, 0.4) is 0 Å². The Morgan fingerprint density at radius 1 is 0.463 bits per heavy atom. The number of unbranched alkanes of at least 4 members (excludes halogenated alkanes) is 19. The number of nitrogens with zero attached hydrogens (tertiary/aromatic N) is 1. The molecule has 67 heavy (non-hydrogen) atoms. The van der Waals surface area contributed by atoms with Gasteiger partial charge in [-0.2, -0.15) is 0 Å². The molecule has 0 saturated heterocycles. The van der Waals surface area contributed by atoms with Crippen LogP contribution in [0, 0.1) is 0 Å². The lowest BCUT2D eigenvalue weighted by Crippen LogP contribution is -2.40. The van der Waals surface area contributed by atoms with Crippen molar-refractivity contribution in [1.82, 2.24) is 0 Å². The van der Waals surface area contributed by atoms with Gasteiger partial charge in [0.15, 0.2) is 6.10 Å². The molecule has 9 nitrogen and oxygen atoms in total. The third-order valence-corrected chi connectivity index (χ3v) is 11.1. The van der Waals surface area contributed by atoms with Gasteiger partial charge in [-0.1, -0.05) is 202 Å². The van der Waals surface area contributed by atoms with E-state index in [-0.39, 0.29) is 38.6 Å². The Balaban J connectivity index is 4.40. The second kappa shape index (κ2) is 48.9. The maximum atomic E-state index is 12.8. The molecule has 0 aliphatic heterocycles. The second-order valence-corrected chi connectivity index (χ2v) is 18.8. The van der Waals surface area contributed by atoms with Crippen molar-refractivity contribution in [1.29, 1.82) is 0 Å². The molecular weight excluding hydrogens is 839 g/mol. The first-order valence-corrected chi connectivity index (χ1v) is 26.8. The number of allylic oxidation sites excluding steroid dienone is 14. The third-order valence-electron chi connectivity index (χ3n) is 11.1. The molecule has 1 N–H and O–H groups in total. The van der Waals surface area contributed by atoms with Gasteiger partial charge >= 0.3 is 17.9 Å². The van der Waals surface area contributed by atoms with Crippen molar-refractivity contribution in [3.05, 3.63) is 85.1 Å². The van der Waals surface area contributed by atoms with Gasteiger partial charge in [-0.15, -0.1) is 0 Å². The van der Waals surface area contributed by atoms with Crippen LogP contribution in [0.15, 0.2) is 85.1 Å². The summed E-state index contributed by atoms with van der Waals surface area (Å²) in [7, 11) is 5.93. The van der Waals surface area contributed by atoms with Crippen LogP contribution < -0.4 is 0 Å². The van der Waals surface area contributed by atoms with E-state index >= 15 is 0 Å². The zero-order valence-electron chi connectivity index (χ0n) is 43.5. The Morgan fingerprint density at radius 3 is 1.33 bits per heavy atom. The highest BCUT2D eigenvalue weighted by Crippen LogP contribution is 2.15. The van der Waals surface area contributed by atoms with E-state index in [1.165, 1.54) is 116 Å². The van der Waals surface area contributed by atoms with Gasteiger partial charge in [0.1, 0.15) is 13.2 Å². The lowest BCUT2D eigenvalue weighted by atomic mass is 10.0. The molecule has 0 amide bonds. The molecule has 0 aromatic rings. The first-order valence-electron chi connectivity index (χ1n) is 26.8. The fourth-order valence-electron chi connectivity index (χ4n) is 7.03. The van der Waals surface area contributed by atoms with E-state index in [1.807, 2.05) is 33.3 Å². The lowest BCUT2D eigenvalue weighted by molar-refractivity contribution is -0.870. The van der Waals surface area contributed by atoms with Crippen LogP contribution >= 0.6 is 0 Å². The highest BCUT2D eigenvalue weighted by molar-refractivity contribution is 5.71. The van der Waals surface area contributed by atoms with Crippen LogP contribution in [0.2, 0.25) is 0 Å². The molecule has 0 aromatic heterocycles. The number of quaternary nitrogens is 1. The van der Waals surface area contributed by atoms with Gasteiger partial charge in [0.25, 0.3) is 6.29 Å². The van der Waals surface area contributed by atoms with Crippen molar-refractivity contribution in [3.8, 4) is 0 Å². The number of aliphatic carboxylic acids is 1. The predicted octanol–water partition coefficient (Wildman–Crippen LogP) is 15.2. The maximum absolute atomic E-state index is 12.8. The maximum Gasteiger partial charge on any atom is 0.361 e. The van der Waals surface area contributed by atoms with E-state index in [9.17, 15) is 19.5 Å². The molecule has 0 heterocycles. The average Bonchev–Trinajstić information content (AvgIpc) is 3.29.